The topological polar surface area (TPSA) is 80.0 Å². The summed E-state index contributed by atoms with van der Waals surface area (Å²) in [5.74, 6) is 0.409. The molecule has 6 heteroatoms. The van der Waals surface area contributed by atoms with Gasteiger partial charge in [-0.25, -0.2) is 0 Å². The molecule has 156 valence electrons. The predicted molar refractivity (Wildman–Crippen MR) is 114 cm³/mol. The van der Waals surface area contributed by atoms with E-state index in [4.69, 9.17) is 9.15 Å². The molecule has 0 spiro atoms. The van der Waals surface area contributed by atoms with E-state index in [0.717, 1.165) is 28.9 Å². The number of hydrogen-bond acceptors (Lipinski definition) is 5. The number of hydrogen-bond donors (Lipinski definition) is 1. The number of β-amino-alcohol motifs (C(OH)–C–C–N with tert-alkyl or cyclic N) is 1. The van der Waals surface area contributed by atoms with Gasteiger partial charge in [-0.05, 0) is 55.2 Å². The number of amides is 1. The maximum absolute atomic E-state index is 13.5. The third kappa shape index (κ3) is 3.27. The Kier molecular flexibility index (Phi) is 5.35. The summed E-state index contributed by atoms with van der Waals surface area (Å²) in [6.07, 6.45) is 0.906. The molecule has 0 radical (unpaired) electrons. The van der Waals surface area contributed by atoms with Crippen LogP contribution < -0.4 is 10.2 Å². The fourth-order valence-electron chi connectivity index (χ4n) is 4.16. The number of carbonyl (C=O) groups excluding carboxylic acids is 1. The van der Waals surface area contributed by atoms with Crippen molar-refractivity contribution >= 4 is 16.9 Å². The molecule has 0 saturated heterocycles. The lowest BCUT2D eigenvalue weighted by Crippen LogP contribution is -2.32. The van der Waals surface area contributed by atoms with Gasteiger partial charge in [0.25, 0.3) is 5.91 Å². The second kappa shape index (κ2) is 7.95. The Hall–Kier alpha value is -3.12. The van der Waals surface area contributed by atoms with Gasteiger partial charge in [0.15, 0.2) is 5.43 Å². The number of ether oxygens (including phenoxy) is 1. The summed E-state index contributed by atoms with van der Waals surface area (Å²) < 4.78 is 11.6. The van der Waals surface area contributed by atoms with Crippen LogP contribution in [0.2, 0.25) is 0 Å². The maximum Gasteiger partial charge on any atom is 0.290 e. The Labute approximate surface area is 174 Å². The van der Waals surface area contributed by atoms with Gasteiger partial charge in [-0.1, -0.05) is 25.1 Å². The quantitative estimate of drug-likeness (QED) is 0.673. The number of aliphatic hydroxyl groups is 1. The number of carbonyl (C=O) groups is 1. The average molecular weight is 407 g/mol. The second-order valence-electron chi connectivity index (χ2n) is 7.67. The molecule has 0 bridgehead atoms. The van der Waals surface area contributed by atoms with E-state index < -0.39 is 6.04 Å². The van der Waals surface area contributed by atoms with Crippen LogP contribution in [0.4, 0.5) is 0 Å². The second-order valence-corrected chi connectivity index (χ2v) is 7.67. The smallest absolute Gasteiger partial charge is 0.290 e. The molecule has 2 aromatic carbocycles. The van der Waals surface area contributed by atoms with E-state index in [1.165, 1.54) is 4.90 Å². The molecule has 4 rings (SSSR count). The van der Waals surface area contributed by atoms with Crippen LogP contribution in [0.25, 0.3) is 11.0 Å². The van der Waals surface area contributed by atoms with Crippen molar-refractivity contribution in [2.24, 2.45) is 0 Å². The van der Waals surface area contributed by atoms with Crippen LogP contribution in [0.3, 0.4) is 0 Å². The van der Waals surface area contributed by atoms with Crippen molar-refractivity contribution in [2.45, 2.75) is 33.2 Å². The normalized spacial score (nSPS) is 15.7. The third-order valence-corrected chi connectivity index (χ3v) is 5.42. The predicted octanol–water partition coefficient (Wildman–Crippen LogP) is 3.74. The van der Waals surface area contributed by atoms with Crippen LogP contribution >= 0.6 is 0 Å². The van der Waals surface area contributed by atoms with Crippen LogP contribution in [0, 0.1) is 13.8 Å². The zero-order chi connectivity index (χ0) is 21.4. The average Bonchev–Trinajstić information content (AvgIpc) is 2.99. The summed E-state index contributed by atoms with van der Waals surface area (Å²) in [7, 11) is 0. The summed E-state index contributed by atoms with van der Waals surface area (Å²) in [6.45, 7) is 6.35. The maximum atomic E-state index is 13.5. The zero-order valence-corrected chi connectivity index (χ0v) is 17.4. The number of aryl methyl sites for hydroxylation is 2. The standard InChI is InChI=1S/C24H25NO5/c1-4-11-29-17-7-5-16(6-8-17)21-20-22(27)19-15(3)12-14(2)13-18(19)30-23(20)24(28)25(21)9-10-26/h5-8,12-13,21,26H,4,9-11H2,1-3H3. The van der Waals surface area contributed by atoms with Crippen molar-refractivity contribution in [3.05, 3.63) is 74.6 Å². The lowest BCUT2D eigenvalue weighted by molar-refractivity contribution is 0.0691. The van der Waals surface area contributed by atoms with Crippen molar-refractivity contribution in [2.75, 3.05) is 19.8 Å². The van der Waals surface area contributed by atoms with Crippen LogP contribution in [-0.2, 0) is 0 Å². The first kappa shape index (κ1) is 20.2. The molecule has 30 heavy (non-hydrogen) atoms. The number of benzene rings is 2. The number of aliphatic hydroxyl groups excluding tert-OH is 1. The van der Waals surface area contributed by atoms with Crippen molar-refractivity contribution in [1.82, 2.24) is 4.90 Å². The molecule has 0 aliphatic carbocycles. The summed E-state index contributed by atoms with van der Waals surface area (Å²) in [4.78, 5) is 28.1. The van der Waals surface area contributed by atoms with E-state index in [-0.39, 0.29) is 30.2 Å². The Bertz CT molecular complexity index is 1160. The van der Waals surface area contributed by atoms with Gasteiger partial charge in [0, 0.05) is 6.54 Å². The highest BCUT2D eigenvalue weighted by molar-refractivity contribution is 5.99. The highest BCUT2D eigenvalue weighted by Crippen LogP contribution is 2.38. The Balaban J connectivity index is 1.90. The summed E-state index contributed by atoms with van der Waals surface area (Å²) in [6, 6.07) is 10.5. The lowest BCUT2D eigenvalue weighted by Gasteiger charge is -2.24. The lowest BCUT2D eigenvalue weighted by atomic mass is 9.97. The van der Waals surface area contributed by atoms with Gasteiger partial charge < -0.3 is 19.2 Å². The Morgan fingerprint density at radius 2 is 1.87 bits per heavy atom. The number of rotatable bonds is 6. The minimum Gasteiger partial charge on any atom is -0.494 e. The van der Waals surface area contributed by atoms with E-state index in [1.54, 1.807) is 6.07 Å². The first-order chi connectivity index (χ1) is 14.5. The van der Waals surface area contributed by atoms with Gasteiger partial charge in [-0.15, -0.1) is 0 Å². The Morgan fingerprint density at radius 3 is 2.53 bits per heavy atom. The zero-order valence-electron chi connectivity index (χ0n) is 17.4. The van der Waals surface area contributed by atoms with Gasteiger partial charge >= 0.3 is 0 Å². The van der Waals surface area contributed by atoms with Gasteiger partial charge in [-0.2, -0.15) is 0 Å². The molecule has 1 aromatic heterocycles. The number of fused-ring (bicyclic) bond motifs is 2. The number of nitrogens with zero attached hydrogens (tertiary/aromatic N) is 1. The van der Waals surface area contributed by atoms with E-state index >= 15 is 0 Å². The SMILES string of the molecule is CCCOc1ccc(C2c3c(oc4cc(C)cc(C)c4c3=O)C(=O)N2CCO)cc1. The molecular formula is C24H25NO5. The first-order valence-corrected chi connectivity index (χ1v) is 10.2. The molecule has 1 amide bonds. The van der Waals surface area contributed by atoms with Crippen molar-refractivity contribution in [1.29, 1.82) is 0 Å². The summed E-state index contributed by atoms with van der Waals surface area (Å²) >= 11 is 0. The highest BCUT2D eigenvalue weighted by Gasteiger charge is 2.42. The van der Waals surface area contributed by atoms with Crippen LogP contribution in [0.1, 0.15) is 52.2 Å². The monoisotopic (exact) mass is 407 g/mol. The van der Waals surface area contributed by atoms with Crippen molar-refractivity contribution in [3.8, 4) is 5.75 Å². The molecule has 3 aromatic rings. The molecule has 1 atom stereocenters. The summed E-state index contributed by atoms with van der Waals surface area (Å²) in [5, 5.41) is 10.0. The first-order valence-electron chi connectivity index (χ1n) is 10.2. The minimum atomic E-state index is -0.610. The molecule has 2 heterocycles. The minimum absolute atomic E-state index is 0.0576. The van der Waals surface area contributed by atoms with E-state index in [1.807, 2.05) is 51.1 Å². The largest absolute Gasteiger partial charge is 0.494 e. The van der Waals surface area contributed by atoms with Crippen LogP contribution in [-0.4, -0.2) is 35.7 Å². The molecule has 6 nitrogen and oxygen atoms in total. The highest BCUT2D eigenvalue weighted by atomic mass is 16.5. The molecule has 1 aliphatic rings. The molecular weight excluding hydrogens is 382 g/mol. The van der Waals surface area contributed by atoms with Gasteiger partial charge in [-0.3, -0.25) is 9.59 Å². The molecule has 1 unspecified atom stereocenters. The van der Waals surface area contributed by atoms with Gasteiger partial charge in [0.2, 0.25) is 5.76 Å². The van der Waals surface area contributed by atoms with Crippen molar-refractivity contribution < 1.29 is 19.1 Å². The van der Waals surface area contributed by atoms with Gasteiger partial charge in [0.1, 0.15) is 11.3 Å². The van der Waals surface area contributed by atoms with Crippen molar-refractivity contribution in [3.63, 3.8) is 0 Å². The van der Waals surface area contributed by atoms with E-state index in [9.17, 15) is 14.7 Å². The van der Waals surface area contributed by atoms with Crippen LogP contribution in [0.5, 0.6) is 5.75 Å². The molecule has 0 saturated carbocycles. The molecule has 1 N–H and O–H groups in total. The fraction of sp³-hybridized carbons (Fsp3) is 0.333. The Morgan fingerprint density at radius 1 is 1.13 bits per heavy atom. The van der Waals surface area contributed by atoms with E-state index in [0.29, 0.717) is 23.1 Å². The molecule has 1 aliphatic heterocycles. The summed E-state index contributed by atoms with van der Waals surface area (Å²) in [5.41, 5.74) is 3.09. The molecule has 0 fully saturated rings. The third-order valence-electron chi connectivity index (χ3n) is 5.42. The van der Waals surface area contributed by atoms with Crippen LogP contribution in [0.15, 0.2) is 45.6 Å². The van der Waals surface area contributed by atoms with Gasteiger partial charge in [0.05, 0.1) is 30.2 Å². The van der Waals surface area contributed by atoms with E-state index in [2.05, 4.69) is 0 Å². The fourth-order valence-corrected chi connectivity index (χ4v) is 4.16.